The van der Waals surface area contributed by atoms with Gasteiger partial charge in [-0.1, -0.05) is 18.2 Å². The zero-order chi connectivity index (χ0) is 16.6. The Balaban J connectivity index is 1.94. The molecule has 0 bridgehead atoms. The molecule has 0 aliphatic rings. The summed E-state index contributed by atoms with van der Waals surface area (Å²) in [4.78, 5) is 0.0457. The summed E-state index contributed by atoms with van der Waals surface area (Å²) in [6.07, 6.45) is 0. The van der Waals surface area contributed by atoms with E-state index >= 15 is 0 Å². The van der Waals surface area contributed by atoms with E-state index in [9.17, 15) is 12.8 Å². The Hall–Kier alpha value is -2.18. The largest absolute Gasteiger partial charge is 0.459 e. The SMILES string of the molecule is C[C@@H](c1cc2ccccc2o1)N(C)S(=O)(=O)c1ccc(F)cc1. The van der Waals surface area contributed by atoms with Crippen LogP contribution in [0.3, 0.4) is 0 Å². The Morgan fingerprint density at radius 3 is 2.39 bits per heavy atom. The lowest BCUT2D eigenvalue weighted by molar-refractivity contribution is 0.348. The van der Waals surface area contributed by atoms with Gasteiger partial charge in [-0.3, -0.25) is 0 Å². The Bertz CT molecular complexity index is 899. The molecule has 0 saturated heterocycles. The molecule has 1 atom stereocenters. The van der Waals surface area contributed by atoms with Gasteiger partial charge in [-0.25, -0.2) is 12.8 Å². The summed E-state index contributed by atoms with van der Waals surface area (Å²) < 4.78 is 45.2. The van der Waals surface area contributed by atoms with Gasteiger partial charge < -0.3 is 4.42 Å². The fourth-order valence-corrected chi connectivity index (χ4v) is 3.70. The van der Waals surface area contributed by atoms with Gasteiger partial charge in [0.25, 0.3) is 0 Å². The van der Waals surface area contributed by atoms with Gasteiger partial charge in [0, 0.05) is 12.4 Å². The minimum absolute atomic E-state index is 0.0457. The number of nitrogens with zero attached hydrogens (tertiary/aromatic N) is 1. The lowest BCUT2D eigenvalue weighted by atomic mass is 10.2. The molecule has 0 aliphatic carbocycles. The minimum Gasteiger partial charge on any atom is -0.459 e. The molecule has 0 fully saturated rings. The summed E-state index contributed by atoms with van der Waals surface area (Å²) in [7, 11) is -2.25. The molecule has 0 N–H and O–H groups in total. The molecule has 4 nitrogen and oxygen atoms in total. The van der Waals surface area contributed by atoms with Crippen molar-refractivity contribution in [2.45, 2.75) is 17.9 Å². The van der Waals surface area contributed by atoms with Gasteiger partial charge >= 0.3 is 0 Å². The highest BCUT2D eigenvalue weighted by atomic mass is 32.2. The second-order valence-electron chi connectivity index (χ2n) is 5.34. The van der Waals surface area contributed by atoms with Crippen LogP contribution in [-0.2, 0) is 10.0 Å². The van der Waals surface area contributed by atoms with E-state index in [0.717, 1.165) is 17.5 Å². The molecule has 0 spiro atoms. The van der Waals surface area contributed by atoms with Gasteiger partial charge in [0.2, 0.25) is 10.0 Å². The van der Waals surface area contributed by atoms with Crippen LogP contribution in [0.2, 0.25) is 0 Å². The Morgan fingerprint density at radius 1 is 1.09 bits per heavy atom. The van der Waals surface area contributed by atoms with E-state index in [0.29, 0.717) is 11.3 Å². The van der Waals surface area contributed by atoms with Crippen molar-refractivity contribution in [3.05, 3.63) is 66.2 Å². The molecule has 0 unspecified atom stereocenters. The molecule has 1 heterocycles. The maximum atomic E-state index is 13.0. The van der Waals surface area contributed by atoms with Gasteiger partial charge in [-0.05, 0) is 43.3 Å². The predicted octanol–water partition coefficient (Wildman–Crippen LogP) is 3.95. The standard InChI is InChI=1S/C17H16FNO3S/c1-12(17-11-13-5-3-4-6-16(13)22-17)19(2)23(20,21)15-9-7-14(18)8-10-15/h3-12H,1-2H3/t12-/m0/s1. The average molecular weight is 333 g/mol. The number of fused-ring (bicyclic) bond motifs is 1. The van der Waals surface area contributed by atoms with E-state index < -0.39 is 21.9 Å². The lowest BCUT2D eigenvalue weighted by Gasteiger charge is -2.22. The molecule has 3 aromatic rings. The van der Waals surface area contributed by atoms with Crippen LogP contribution in [-0.4, -0.2) is 19.8 Å². The molecule has 120 valence electrons. The highest BCUT2D eigenvalue weighted by Crippen LogP contribution is 2.30. The number of hydrogen-bond donors (Lipinski definition) is 0. The van der Waals surface area contributed by atoms with Crippen LogP contribution in [0.5, 0.6) is 0 Å². The lowest BCUT2D eigenvalue weighted by Crippen LogP contribution is -2.29. The third-order valence-electron chi connectivity index (χ3n) is 3.89. The number of hydrogen-bond acceptors (Lipinski definition) is 3. The summed E-state index contributed by atoms with van der Waals surface area (Å²) in [6.45, 7) is 1.75. The third-order valence-corrected chi connectivity index (χ3v) is 5.83. The molecule has 0 radical (unpaired) electrons. The van der Waals surface area contributed by atoms with Crippen molar-refractivity contribution in [1.29, 1.82) is 0 Å². The van der Waals surface area contributed by atoms with Crippen LogP contribution in [0.1, 0.15) is 18.7 Å². The van der Waals surface area contributed by atoms with Gasteiger partial charge in [-0.15, -0.1) is 0 Å². The second-order valence-corrected chi connectivity index (χ2v) is 7.34. The summed E-state index contributed by atoms with van der Waals surface area (Å²) in [5, 5.41) is 0.918. The summed E-state index contributed by atoms with van der Waals surface area (Å²) in [6, 6.07) is 13.6. The van der Waals surface area contributed by atoms with Crippen LogP contribution in [0, 0.1) is 5.82 Å². The van der Waals surface area contributed by atoms with Gasteiger partial charge in [0.15, 0.2) is 0 Å². The highest BCUT2D eigenvalue weighted by Gasteiger charge is 2.28. The van der Waals surface area contributed by atoms with Crippen LogP contribution >= 0.6 is 0 Å². The van der Waals surface area contributed by atoms with Crippen LogP contribution in [0.25, 0.3) is 11.0 Å². The van der Waals surface area contributed by atoms with E-state index in [1.54, 1.807) is 6.92 Å². The third kappa shape index (κ3) is 2.87. The summed E-state index contributed by atoms with van der Waals surface area (Å²) in [5.74, 6) is 0.0799. The normalized spacial score (nSPS) is 13.6. The number of furan rings is 1. The fourth-order valence-electron chi connectivity index (χ4n) is 2.37. The van der Waals surface area contributed by atoms with Crippen molar-refractivity contribution in [2.75, 3.05) is 7.05 Å². The smallest absolute Gasteiger partial charge is 0.243 e. The monoisotopic (exact) mass is 333 g/mol. The molecule has 0 saturated carbocycles. The number of rotatable bonds is 4. The minimum atomic E-state index is -3.73. The van der Waals surface area contributed by atoms with Crippen molar-refractivity contribution in [2.24, 2.45) is 0 Å². The second kappa shape index (κ2) is 5.79. The first-order valence-corrected chi connectivity index (χ1v) is 8.55. The molecule has 1 aromatic heterocycles. The zero-order valence-electron chi connectivity index (χ0n) is 12.7. The van der Waals surface area contributed by atoms with Crippen LogP contribution in [0.15, 0.2) is 63.9 Å². The Labute approximate surface area is 134 Å². The Morgan fingerprint density at radius 2 is 1.74 bits per heavy atom. The molecule has 0 amide bonds. The average Bonchev–Trinajstić information content (AvgIpc) is 2.98. The maximum Gasteiger partial charge on any atom is 0.243 e. The first-order valence-electron chi connectivity index (χ1n) is 7.11. The van der Waals surface area contributed by atoms with E-state index in [1.807, 2.05) is 30.3 Å². The molecule has 0 aliphatic heterocycles. The van der Waals surface area contributed by atoms with E-state index in [2.05, 4.69) is 0 Å². The van der Waals surface area contributed by atoms with Crippen molar-refractivity contribution >= 4 is 21.0 Å². The van der Waals surface area contributed by atoms with E-state index in [4.69, 9.17) is 4.42 Å². The van der Waals surface area contributed by atoms with Crippen molar-refractivity contribution < 1.29 is 17.2 Å². The molecule has 6 heteroatoms. The quantitative estimate of drug-likeness (QED) is 0.726. The predicted molar refractivity (Wildman–Crippen MR) is 86.0 cm³/mol. The Kier molecular flexibility index (Phi) is 3.95. The molecule has 2 aromatic carbocycles. The van der Waals surface area contributed by atoms with Crippen molar-refractivity contribution in [3.8, 4) is 0 Å². The number of sulfonamides is 1. The first kappa shape index (κ1) is 15.7. The van der Waals surface area contributed by atoms with Gasteiger partial charge in [0.05, 0.1) is 10.9 Å². The van der Waals surface area contributed by atoms with E-state index in [-0.39, 0.29) is 4.90 Å². The van der Waals surface area contributed by atoms with Crippen molar-refractivity contribution in [1.82, 2.24) is 4.31 Å². The number of para-hydroxylation sites is 1. The van der Waals surface area contributed by atoms with E-state index in [1.165, 1.54) is 23.5 Å². The van der Waals surface area contributed by atoms with Crippen LogP contribution < -0.4 is 0 Å². The highest BCUT2D eigenvalue weighted by molar-refractivity contribution is 7.89. The molecular weight excluding hydrogens is 317 g/mol. The fraction of sp³-hybridized carbons (Fsp3) is 0.176. The molecule has 3 rings (SSSR count). The molecular formula is C17H16FNO3S. The zero-order valence-corrected chi connectivity index (χ0v) is 13.5. The van der Waals surface area contributed by atoms with Crippen molar-refractivity contribution in [3.63, 3.8) is 0 Å². The first-order chi connectivity index (χ1) is 10.9. The number of benzene rings is 2. The topological polar surface area (TPSA) is 50.5 Å². The molecule has 23 heavy (non-hydrogen) atoms. The number of halogens is 1. The summed E-state index contributed by atoms with van der Waals surface area (Å²) in [5.41, 5.74) is 0.710. The van der Waals surface area contributed by atoms with Gasteiger partial charge in [0.1, 0.15) is 17.2 Å². The maximum absolute atomic E-state index is 13.0. The van der Waals surface area contributed by atoms with Crippen LogP contribution in [0.4, 0.5) is 4.39 Å². The van der Waals surface area contributed by atoms with Gasteiger partial charge in [-0.2, -0.15) is 4.31 Å². The summed E-state index contributed by atoms with van der Waals surface area (Å²) >= 11 is 0.